The Morgan fingerprint density at radius 2 is 2.10 bits per heavy atom. The summed E-state index contributed by atoms with van der Waals surface area (Å²) in [6.45, 7) is 4.02. The van der Waals surface area contributed by atoms with Crippen molar-refractivity contribution in [3.8, 4) is 0 Å². The lowest BCUT2D eigenvalue weighted by molar-refractivity contribution is 0.0760. The molecule has 5 nitrogen and oxygen atoms in total. The van der Waals surface area contributed by atoms with Crippen molar-refractivity contribution in [1.29, 1.82) is 0 Å². The van der Waals surface area contributed by atoms with Crippen LogP contribution >= 0.6 is 15.9 Å². The van der Waals surface area contributed by atoms with Crippen molar-refractivity contribution in [2.75, 3.05) is 45.1 Å². The van der Waals surface area contributed by atoms with Crippen LogP contribution in [-0.2, 0) is 0 Å². The molecule has 0 spiro atoms. The van der Waals surface area contributed by atoms with Gasteiger partial charge in [-0.1, -0.05) is 0 Å². The minimum Gasteiger partial charge on any atom is -0.398 e. The summed E-state index contributed by atoms with van der Waals surface area (Å²) in [5, 5.41) is 8.98. The molecule has 110 valence electrons. The standard InChI is InChI=1S/C14H20BrN3O2/c15-12-10-11(2-3-13(12)16)14(20)18-5-1-4-17(6-7-18)8-9-19/h2-3,10,19H,1,4-9,16H2. The van der Waals surface area contributed by atoms with Gasteiger partial charge < -0.3 is 15.7 Å². The highest BCUT2D eigenvalue weighted by Crippen LogP contribution is 2.21. The quantitative estimate of drug-likeness (QED) is 0.809. The minimum absolute atomic E-state index is 0.0385. The van der Waals surface area contributed by atoms with Gasteiger partial charge in [0.05, 0.1) is 6.61 Å². The minimum atomic E-state index is 0.0385. The molecule has 1 saturated heterocycles. The number of hydrogen-bond donors (Lipinski definition) is 2. The van der Waals surface area contributed by atoms with Gasteiger partial charge in [-0.3, -0.25) is 9.69 Å². The number of carbonyl (C=O) groups excluding carboxylic acids is 1. The van der Waals surface area contributed by atoms with Crippen LogP contribution in [0.4, 0.5) is 5.69 Å². The lowest BCUT2D eigenvalue weighted by Crippen LogP contribution is -2.35. The second-order valence-corrected chi connectivity index (χ2v) is 5.80. The fourth-order valence-electron chi connectivity index (χ4n) is 2.38. The molecule has 6 heteroatoms. The molecule has 0 saturated carbocycles. The molecule has 0 unspecified atom stereocenters. The van der Waals surface area contributed by atoms with Gasteiger partial charge in [0.25, 0.3) is 5.91 Å². The summed E-state index contributed by atoms with van der Waals surface area (Å²) in [5.41, 5.74) is 7.03. The lowest BCUT2D eigenvalue weighted by Gasteiger charge is -2.21. The molecule has 1 fully saturated rings. The fourth-order valence-corrected chi connectivity index (χ4v) is 2.76. The number of carbonyl (C=O) groups is 1. The molecule has 20 heavy (non-hydrogen) atoms. The van der Waals surface area contributed by atoms with Gasteiger partial charge in [-0.15, -0.1) is 0 Å². The zero-order chi connectivity index (χ0) is 14.5. The van der Waals surface area contributed by atoms with Crippen molar-refractivity contribution in [3.05, 3.63) is 28.2 Å². The molecule has 1 heterocycles. The summed E-state index contributed by atoms with van der Waals surface area (Å²) in [7, 11) is 0. The predicted molar refractivity (Wildman–Crippen MR) is 82.6 cm³/mol. The summed E-state index contributed by atoms with van der Waals surface area (Å²) in [6, 6.07) is 5.28. The van der Waals surface area contributed by atoms with E-state index >= 15 is 0 Å². The molecule has 1 aliphatic heterocycles. The summed E-state index contributed by atoms with van der Waals surface area (Å²) >= 11 is 3.35. The van der Waals surface area contributed by atoms with Gasteiger partial charge in [0.15, 0.2) is 0 Å². The van der Waals surface area contributed by atoms with E-state index in [0.29, 0.717) is 24.3 Å². The van der Waals surface area contributed by atoms with E-state index < -0.39 is 0 Å². The van der Waals surface area contributed by atoms with E-state index in [2.05, 4.69) is 20.8 Å². The molecule has 1 amide bonds. The van der Waals surface area contributed by atoms with Crippen molar-refractivity contribution in [2.24, 2.45) is 0 Å². The van der Waals surface area contributed by atoms with E-state index in [4.69, 9.17) is 10.8 Å². The maximum Gasteiger partial charge on any atom is 0.253 e. The van der Waals surface area contributed by atoms with Crippen molar-refractivity contribution in [1.82, 2.24) is 9.80 Å². The summed E-state index contributed by atoms with van der Waals surface area (Å²) < 4.78 is 0.750. The average molecular weight is 342 g/mol. The molecular formula is C14H20BrN3O2. The van der Waals surface area contributed by atoms with Crippen molar-refractivity contribution in [2.45, 2.75) is 6.42 Å². The number of aliphatic hydroxyl groups is 1. The van der Waals surface area contributed by atoms with Crippen LogP contribution in [0.15, 0.2) is 22.7 Å². The van der Waals surface area contributed by atoms with Crippen LogP contribution in [0.1, 0.15) is 16.8 Å². The van der Waals surface area contributed by atoms with Crippen LogP contribution < -0.4 is 5.73 Å². The number of nitrogens with zero attached hydrogens (tertiary/aromatic N) is 2. The zero-order valence-electron chi connectivity index (χ0n) is 11.4. The second-order valence-electron chi connectivity index (χ2n) is 4.95. The third-order valence-corrected chi connectivity index (χ3v) is 4.23. The number of halogens is 1. The predicted octanol–water partition coefficient (Wildman–Crippen LogP) is 1.17. The highest BCUT2D eigenvalue weighted by molar-refractivity contribution is 9.10. The molecular weight excluding hydrogens is 322 g/mol. The Hall–Kier alpha value is -1.11. The van der Waals surface area contributed by atoms with E-state index in [0.717, 1.165) is 30.5 Å². The SMILES string of the molecule is Nc1ccc(C(=O)N2CCCN(CCO)CC2)cc1Br. The first-order valence-corrected chi connectivity index (χ1v) is 7.58. The number of anilines is 1. The van der Waals surface area contributed by atoms with E-state index in [-0.39, 0.29) is 12.5 Å². The van der Waals surface area contributed by atoms with E-state index in [1.165, 1.54) is 0 Å². The van der Waals surface area contributed by atoms with Crippen LogP contribution in [0.5, 0.6) is 0 Å². The first-order valence-electron chi connectivity index (χ1n) is 6.79. The number of β-amino-alcohol motifs (C(OH)–C–C–N with tert-alkyl or cyclic N) is 1. The van der Waals surface area contributed by atoms with Gasteiger partial charge in [-0.25, -0.2) is 0 Å². The van der Waals surface area contributed by atoms with Crippen LogP contribution in [0.25, 0.3) is 0 Å². The van der Waals surface area contributed by atoms with Gasteiger partial charge in [0, 0.05) is 41.9 Å². The highest BCUT2D eigenvalue weighted by Gasteiger charge is 2.20. The highest BCUT2D eigenvalue weighted by atomic mass is 79.9. The van der Waals surface area contributed by atoms with Gasteiger partial charge in [0.1, 0.15) is 0 Å². The third-order valence-electron chi connectivity index (χ3n) is 3.54. The Labute approximate surface area is 127 Å². The van der Waals surface area contributed by atoms with Crippen molar-refractivity contribution < 1.29 is 9.90 Å². The van der Waals surface area contributed by atoms with Gasteiger partial charge in [0.2, 0.25) is 0 Å². The number of aliphatic hydroxyl groups excluding tert-OH is 1. The largest absolute Gasteiger partial charge is 0.398 e. The molecule has 1 aliphatic rings. The van der Waals surface area contributed by atoms with Gasteiger partial charge in [-0.05, 0) is 47.1 Å². The van der Waals surface area contributed by atoms with Crippen molar-refractivity contribution >= 4 is 27.5 Å². The molecule has 0 atom stereocenters. The number of nitrogens with two attached hydrogens (primary N) is 1. The molecule has 1 aromatic rings. The van der Waals surface area contributed by atoms with Crippen LogP contribution in [0.2, 0.25) is 0 Å². The number of rotatable bonds is 3. The molecule has 0 radical (unpaired) electrons. The maximum atomic E-state index is 12.5. The second kappa shape index (κ2) is 7.06. The summed E-state index contributed by atoms with van der Waals surface area (Å²) in [5.74, 6) is 0.0385. The Morgan fingerprint density at radius 3 is 2.80 bits per heavy atom. The molecule has 1 aromatic carbocycles. The maximum absolute atomic E-state index is 12.5. The molecule has 3 N–H and O–H groups in total. The Balaban J connectivity index is 2.03. The van der Waals surface area contributed by atoms with Crippen LogP contribution in [-0.4, -0.2) is 60.1 Å². The first-order chi connectivity index (χ1) is 9.61. The summed E-state index contributed by atoms with van der Waals surface area (Å²) in [4.78, 5) is 16.5. The fraction of sp³-hybridized carbons (Fsp3) is 0.500. The van der Waals surface area contributed by atoms with Crippen LogP contribution in [0.3, 0.4) is 0 Å². The molecule has 0 aromatic heterocycles. The van der Waals surface area contributed by atoms with E-state index in [1.807, 2.05) is 4.90 Å². The summed E-state index contributed by atoms with van der Waals surface area (Å²) in [6.07, 6.45) is 0.932. The van der Waals surface area contributed by atoms with Crippen molar-refractivity contribution in [3.63, 3.8) is 0 Å². The zero-order valence-corrected chi connectivity index (χ0v) is 13.0. The molecule has 2 rings (SSSR count). The number of hydrogen-bond acceptors (Lipinski definition) is 4. The lowest BCUT2D eigenvalue weighted by atomic mass is 10.2. The van der Waals surface area contributed by atoms with E-state index in [1.54, 1.807) is 18.2 Å². The average Bonchev–Trinajstić information content (AvgIpc) is 2.67. The third kappa shape index (κ3) is 3.71. The Morgan fingerprint density at radius 1 is 1.30 bits per heavy atom. The number of amides is 1. The monoisotopic (exact) mass is 341 g/mol. The topological polar surface area (TPSA) is 69.8 Å². The normalized spacial score (nSPS) is 17.0. The molecule has 0 bridgehead atoms. The van der Waals surface area contributed by atoms with E-state index in [9.17, 15) is 4.79 Å². The first kappa shape index (κ1) is 15.3. The van der Waals surface area contributed by atoms with Gasteiger partial charge >= 0.3 is 0 Å². The number of benzene rings is 1. The van der Waals surface area contributed by atoms with Gasteiger partial charge in [-0.2, -0.15) is 0 Å². The Bertz CT molecular complexity index is 481. The number of nitrogen functional groups attached to an aromatic ring is 1. The molecule has 0 aliphatic carbocycles. The Kier molecular flexibility index (Phi) is 5.39. The van der Waals surface area contributed by atoms with Crippen LogP contribution in [0, 0.1) is 0 Å². The smallest absolute Gasteiger partial charge is 0.253 e.